The van der Waals surface area contributed by atoms with Crippen molar-refractivity contribution >= 4 is 73.1 Å². The zero-order valence-corrected chi connectivity index (χ0v) is 17.6. The monoisotopic (exact) mass is 512 g/mol. The molecule has 4 amide bonds. The van der Waals surface area contributed by atoms with Gasteiger partial charge in [-0.1, -0.05) is 17.7 Å². The maximum atomic E-state index is 12.9. The van der Waals surface area contributed by atoms with Crippen molar-refractivity contribution in [1.82, 2.24) is 5.32 Å². The minimum absolute atomic E-state index is 0.0112. The Hall–Kier alpha value is -2.16. The van der Waals surface area contributed by atoms with Crippen molar-refractivity contribution in [1.29, 1.82) is 0 Å². The van der Waals surface area contributed by atoms with Gasteiger partial charge >= 0.3 is 6.03 Å². The molecule has 0 atom stereocenters. The molecule has 0 radical (unpaired) electrons. The Bertz CT molecular complexity index is 1010. The second-order valence-corrected chi connectivity index (χ2v) is 7.79. The predicted octanol–water partition coefficient (Wildman–Crippen LogP) is 4.55. The van der Waals surface area contributed by atoms with E-state index in [1.54, 1.807) is 37.3 Å². The number of carbonyl (C=O) groups excluding carboxylic acids is 3. The SMILES string of the molecule is Cc1c(Cl)cccc1N1C(=O)NC(=O)/C(=C\c2cc(Br)c(O)c(Br)c2)C1=O. The molecule has 2 aromatic carbocycles. The van der Waals surface area contributed by atoms with Crippen LogP contribution in [0.1, 0.15) is 11.1 Å². The van der Waals surface area contributed by atoms with Crippen molar-refractivity contribution in [2.45, 2.75) is 6.92 Å². The number of urea groups is 1. The van der Waals surface area contributed by atoms with Gasteiger partial charge in [0.25, 0.3) is 11.8 Å². The Kier molecular flexibility index (Phi) is 5.41. The number of phenols is 1. The van der Waals surface area contributed by atoms with E-state index < -0.39 is 17.8 Å². The number of benzene rings is 2. The molecule has 1 aliphatic rings. The normalized spacial score (nSPS) is 16.1. The number of carbonyl (C=O) groups is 3. The summed E-state index contributed by atoms with van der Waals surface area (Å²) in [5.74, 6) is -1.58. The number of imide groups is 2. The molecule has 1 heterocycles. The van der Waals surface area contributed by atoms with E-state index in [1.165, 1.54) is 6.08 Å². The highest BCUT2D eigenvalue weighted by Crippen LogP contribution is 2.35. The fraction of sp³-hybridized carbons (Fsp3) is 0.0556. The number of hydrogen-bond donors (Lipinski definition) is 2. The van der Waals surface area contributed by atoms with Crippen molar-refractivity contribution < 1.29 is 19.5 Å². The van der Waals surface area contributed by atoms with Crippen molar-refractivity contribution in [3.8, 4) is 5.75 Å². The van der Waals surface area contributed by atoms with E-state index in [4.69, 9.17) is 11.6 Å². The van der Waals surface area contributed by atoms with Gasteiger partial charge in [0.2, 0.25) is 0 Å². The maximum Gasteiger partial charge on any atom is 0.335 e. The molecule has 0 saturated carbocycles. The van der Waals surface area contributed by atoms with E-state index in [0.717, 1.165) is 4.90 Å². The maximum absolute atomic E-state index is 12.9. The predicted molar refractivity (Wildman–Crippen MR) is 109 cm³/mol. The third kappa shape index (κ3) is 3.65. The molecule has 1 fully saturated rings. The highest BCUT2D eigenvalue weighted by atomic mass is 79.9. The van der Waals surface area contributed by atoms with E-state index in [0.29, 0.717) is 25.1 Å². The summed E-state index contributed by atoms with van der Waals surface area (Å²) in [5, 5.41) is 12.3. The molecular weight excluding hydrogens is 503 g/mol. The van der Waals surface area contributed by atoms with Gasteiger partial charge in [0.05, 0.1) is 14.6 Å². The molecule has 1 saturated heterocycles. The molecule has 6 nitrogen and oxygen atoms in total. The highest BCUT2D eigenvalue weighted by molar-refractivity contribution is 9.11. The van der Waals surface area contributed by atoms with Gasteiger partial charge in [0.1, 0.15) is 11.3 Å². The van der Waals surface area contributed by atoms with Gasteiger partial charge in [-0.2, -0.15) is 0 Å². The average Bonchev–Trinajstić information content (AvgIpc) is 2.60. The first-order chi connectivity index (χ1) is 12.7. The van der Waals surface area contributed by atoms with Gasteiger partial charge < -0.3 is 5.11 Å². The number of amides is 4. The highest BCUT2D eigenvalue weighted by Gasteiger charge is 2.37. The van der Waals surface area contributed by atoms with Gasteiger partial charge in [0.15, 0.2) is 0 Å². The summed E-state index contributed by atoms with van der Waals surface area (Å²) in [6.07, 6.45) is 1.34. The molecular formula is C18H11Br2ClN2O4. The summed E-state index contributed by atoms with van der Waals surface area (Å²) in [6, 6.07) is 7.05. The molecule has 0 aromatic heterocycles. The number of halogens is 3. The smallest absolute Gasteiger partial charge is 0.335 e. The second-order valence-electron chi connectivity index (χ2n) is 5.67. The third-order valence-electron chi connectivity index (χ3n) is 3.93. The lowest BCUT2D eigenvalue weighted by atomic mass is 10.1. The van der Waals surface area contributed by atoms with Crippen LogP contribution in [0.5, 0.6) is 5.75 Å². The van der Waals surface area contributed by atoms with Crippen LogP contribution in [0.2, 0.25) is 5.02 Å². The zero-order valence-electron chi connectivity index (χ0n) is 13.7. The molecule has 27 heavy (non-hydrogen) atoms. The Morgan fingerprint density at radius 3 is 2.41 bits per heavy atom. The van der Waals surface area contributed by atoms with Crippen LogP contribution >= 0.6 is 43.5 Å². The van der Waals surface area contributed by atoms with E-state index in [2.05, 4.69) is 37.2 Å². The lowest BCUT2D eigenvalue weighted by Gasteiger charge is -2.27. The van der Waals surface area contributed by atoms with Crippen LogP contribution in [-0.4, -0.2) is 23.0 Å². The number of aromatic hydroxyl groups is 1. The Morgan fingerprint density at radius 1 is 1.15 bits per heavy atom. The van der Waals surface area contributed by atoms with Gasteiger partial charge in [-0.15, -0.1) is 0 Å². The lowest BCUT2D eigenvalue weighted by molar-refractivity contribution is -0.122. The van der Waals surface area contributed by atoms with Crippen LogP contribution in [0.25, 0.3) is 6.08 Å². The van der Waals surface area contributed by atoms with Crippen molar-refractivity contribution in [2.75, 3.05) is 4.90 Å². The second kappa shape index (κ2) is 7.46. The van der Waals surface area contributed by atoms with Crippen LogP contribution in [-0.2, 0) is 9.59 Å². The Labute approximate surface area is 176 Å². The molecule has 2 aromatic rings. The van der Waals surface area contributed by atoms with Gasteiger partial charge in [-0.05, 0) is 80.3 Å². The number of phenolic OH excluding ortho intramolecular Hbond substituents is 1. The van der Waals surface area contributed by atoms with Crippen molar-refractivity contribution in [3.63, 3.8) is 0 Å². The first-order valence-corrected chi connectivity index (χ1v) is 9.51. The van der Waals surface area contributed by atoms with Crippen LogP contribution in [0.15, 0.2) is 44.9 Å². The Morgan fingerprint density at radius 2 is 1.78 bits per heavy atom. The fourth-order valence-electron chi connectivity index (χ4n) is 2.55. The summed E-state index contributed by atoms with van der Waals surface area (Å²) in [5.41, 5.74) is 1.07. The molecule has 0 aliphatic carbocycles. The summed E-state index contributed by atoms with van der Waals surface area (Å²) in [6.45, 7) is 1.67. The number of nitrogens with one attached hydrogen (secondary N) is 1. The average molecular weight is 515 g/mol. The first-order valence-electron chi connectivity index (χ1n) is 7.55. The lowest BCUT2D eigenvalue weighted by Crippen LogP contribution is -2.54. The van der Waals surface area contributed by atoms with E-state index >= 15 is 0 Å². The number of nitrogens with zero attached hydrogens (tertiary/aromatic N) is 1. The zero-order chi connectivity index (χ0) is 19.9. The van der Waals surface area contributed by atoms with Gasteiger partial charge in [0, 0.05) is 5.02 Å². The minimum atomic E-state index is -0.847. The van der Waals surface area contributed by atoms with Crippen molar-refractivity contribution in [3.05, 3.63) is 61.0 Å². The van der Waals surface area contributed by atoms with E-state index in [9.17, 15) is 19.5 Å². The summed E-state index contributed by atoms with van der Waals surface area (Å²) in [4.78, 5) is 38.3. The molecule has 0 unspecified atom stereocenters. The summed E-state index contributed by atoms with van der Waals surface area (Å²) in [7, 11) is 0. The number of anilines is 1. The quantitative estimate of drug-likeness (QED) is 0.455. The number of hydrogen-bond acceptors (Lipinski definition) is 4. The summed E-state index contributed by atoms with van der Waals surface area (Å²) >= 11 is 12.5. The van der Waals surface area contributed by atoms with E-state index in [1.807, 2.05) is 0 Å². The fourth-order valence-corrected chi connectivity index (χ4v) is 3.94. The van der Waals surface area contributed by atoms with Crippen LogP contribution in [0.4, 0.5) is 10.5 Å². The first kappa shape index (κ1) is 19.6. The van der Waals surface area contributed by atoms with E-state index in [-0.39, 0.29) is 17.0 Å². The molecule has 9 heteroatoms. The summed E-state index contributed by atoms with van der Waals surface area (Å²) < 4.78 is 0.761. The van der Waals surface area contributed by atoms with Gasteiger partial charge in [-0.3, -0.25) is 14.9 Å². The molecule has 0 bridgehead atoms. The van der Waals surface area contributed by atoms with Crippen molar-refractivity contribution in [2.24, 2.45) is 0 Å². The molecule has 3 rings (SSSR count). The van der Waals surface area contributed by atoms with Crippen LogP contribution in [0.3, 0.4) is 0 Å². The molecule has 138 valence electrons. The van der Waals surface area contributed by atoms with Crippen LogP contribution < -0.4 is 10.2 Å². The third-order valence-corrected chi connectivity index (χ3v) is 5.55. The number of rotatable bonds is 2. The standard InChI is InChI=1S/C18H11Br2ClN2O4/c1-8-13(21)3-2-4-14(8)23-17(26)10(16(25)22-18(23)27)5-9-6-11(19)15(24)12(20)7-9/h2-7,24H,1H3,(H,22,25,27)/b10-5+. The largest absolute Gasteiger partial charge is 0.506 e. The van der Waals surface area contributed by atoms with Gasteiger partial charge in [-0.25, -0.2) is 9.69 Å². The Balaban J connectivity index is 2.09. The number of barbiturate groups is 1. The molecule has 2 N–H and O–H groups in total. The van der Waals surface area contributed by atoms with Crippen LogP contribution in [0, 0.1) is 6.92 Å². The molecule has 0 spiro atoms. The molecule has 1 aliphatic heterocycles. The topological polar surface area (TPSA) is 86.7 Å². The minimum Gasteiger partial charge on any atom is -0.506 e.